The predicted octanol–water partition coefficient (Wildman–Crippen LogP) is 2.67. The molecule has 296 valence electrons. The van der Waals surface area contributed by atoms with Crippen LogP contribution in [0.1, 0.15) is 36.2 Å². The summed E-state index contributed by atoms with van der Waals surface area (Å²) >= 11 is 0. The Labute approximate surface area is 324 Å². The molecule has 0 aliphatic heterocycles. The lowest BCUT2D eigenvalue weighted by Gasteiger charge is -2.22. The number of benzene rings is 4. The molecule has 0 spiro atoms. The fourth-order valence-corrected chi connectivity index (χ4v) is 7.14. The normalized spacial score (nSPS) is 12.0. The van der Waals surface area contributed by atoms with E-state index in [0.29, 0.717) is 5.56 Å². The molecule has 12 nitrogen and oxygen atoms in total. The summed E-state index contributed by atoms with van der Waals surface area (Å²) in [4.78, 5) is 75.2. The average molecular weight is 794 g/mol. The number of halogens is 3. The molecule has 0 unspecified atom stereocenters. The van der Waals surface area contributed by atoms with E-state index in [1.54, 1.807) is 12.1 Å². The molecule has 0 aliphatic carbocycles. The second kappa shape index (κ2) is 21.7. The van der Waals surface area contributed by atoms with Gasteiger partial charge in [0.25, 0.3) is 5.91 Å². The second-order valence-corrected chi connectivity index (χ2v) is 14.5. The number of primary amides is 1. The standard InChI is InChI=1S/C38H41N5O5S.C2HF3O2/c1-26(2)35(38(48)40-23-22-34(45)42-32(37(47)41-25-33(39)44)24-27-12-6-3-7-13-27)43-36(46)28-18-20-31(21-19-28)49(29-14-8-4-9-15-29)30-16-10-5-11-17-30;3-2(4,5)1(6)7/h3-21,26,32,35H,22-25H2,1-2H3,(H5-,39,40,41,42,43,44,45,46,47,48);(H,6,7)/t32-,35-;/m0./s1. The zero-order chi connectivity index (χ0) is 41.3. The lowest BCUT2D eigenvalue weighted by molar-refractivity contribution is -0.344. The topological polar surface area (TPSA) is 200 Å². The highest BCUT2D eigenvalue weighted by molar-refractivity contribution is 7.97. The summed E-state index contributed by atoms with van der Waals surface area (Å²) in [7, 11) is -0.359. The smallest absolute Gasteiger partial charge is 0.430 e. The van der Waals surface area contributed by atoms with Crippen molar-refractivity contribution in [3.05, 3.63) is 126 Å². The summed E-state index contributed by atoms with van der Waals surface area (Å²) in [5.74, 6) is -5.77. The molecule has 4 aromatic carbocycles. The lowest BCUT2D eigenvalue weighted by atomic mass is 10.0. The number of hydrogen-bond acceptors (Lipinski definition) is 7. The number of carboxylic acids is 1. The minimum atomic E-state index is -5.19. The van der Waals surface area contributed by atoms with E-state index >= 15 is 0 Å². The third-order valence-corrected chi connectivity index (χ3v) is 10.0. The van der Waals surface area contributed by atoms with Crippen LogP contribution in [0.2, 0.25) is 0 Å². The zero-order valence-corrected chi connectivity index (χ0v) is 31.3. The molecule has 0 radical (unpaired) electrons. The van der Waals surface area contributed by atoms with Crippen molar-refractivity contribution in [2.75, 3.05) is 13.1 Å². The van der Waals surface area contributed by atoms with Crippen molar-refractivity contribution in [3.63, 3.8) is 0 Å². The molecule has 4 aromatic rings. The molecule has 4 rings (SSSR count). The highest BCUT2D eigenvalue weighted by atomic mass is 32.2. The average Bonchev–Trinajstić information content (AvgIpc) is 3.17. The van der Waals surface area contributed by atoms with Crippen molar-refractivity contribution < 1.29 is 47.0 Å². The maximum absolute atomic E-state index is 13.3. The molecule has 0 bridgehead atoms. The highest BCUT2D eigenvalue weighted by Gasteiger charge is 2.30. The Bertz CT molecular complexity index is 1880. The molecule has 2 atom stereocenters. The molecule has 0 saturated heterocycles. The first-order valence-electron chi connectivity index (χ1n) is 17.3. The number of carbonyl (C=O) groups is 6. The molecular weight excluding hydrogens is 752 g/mol. The van der Waals surface area contributed by atoms with Gasteiger partial charge in [0.15, 0.2) is 14.7 Å². The van der Waals surface area contributed by atoms with Crippen molar-refractivity contribution in [2.45, 2.75) is 59.6 Å². The van der Waals surface area contributed by atoms with Gasteiger partial charge in [-0.05, 0) is 60.0 Å². The molecule has 16 heteroatoms. The maximum Gasteiger partial charge on any atom is 0.430 e. The predicted molar refractivity (Wildman–Crippen MR) is 201 cm³/mol. The molecule has 5 amide bonds. The fourth-order valence-electron chi connectivity index (χ4n) is 5.06. The van der Waals surface area contributed by atoms with Gasteiger partial charge in [-0.1, -0.05) is 80.6 Å². The van der Waals surface area contributed by atoms with Gasteiger partial charge >= 0.3 is 6.18 Å². The number of amides is 5. The van der Waals surface area contributed by atoms with Gasteiger partial charge in [-0.25, -0.2) is 0 Å². The molecular formula is C40H42F3N5O7S. The Balaban J connectivity index is 0.00000109. The van der Waals surface area contributed by atoms with Crippen LogP contribution in [0, 0.1) is 5.92 Å². The number of rotatable bonds is 16. The first kappa shape index (κ1) is 44.2. The fraction of sp³-hybridized carbons (Fsp3) is 0.250. The summed E-state index contributed by atoms with van der Waals surface area (Å²) in [6, 6.07) is 35.2. The van der Waals surface area contributed by atoms with Crippen molar-refractivity contribution in [1.82, 2.24) is 21.3 Å². The van der Waals surface area contributed by atoms with Gasteiger partial charge in [0.05, 0.1) is 17.4 Å². The number of hydrogen-bond donors (Lipinski definition) is 5. The molecule has 0 aliphatic rings. The summed E-state index contributed by atoms with van der Waals surface area (Å²) in [6.45, 7) is 3.28. The number of carboxylic acid groups (broad SMARTS) is 1. The summed E-state index contributed by atoms with van der Waals surface area (Å²) in [5, 5.41) is 19.5. The van der Waals surface area contributed by atoms with E-state index in [-0.39, 0.29) is 48.7 Å². The first-order valence-corrected chi connectivity index (χ1v) is 18.5. The molecule has 0 fully saturated rings. The van der Waals surface area contributed by atoms with Crippen LogP contribution in [0.25, 0.3) is 0 Å². The SMILES string of the molecule is CC(C)[C@H](NC(=O)c1ccc([S+](c2ccccc2)c2ccccc2)cc1)C(=O)NCCC(=O)N[C@@H](Cc1ccccc1)C(=O)NCC(N)=O.O=C([O-])C(F)(F)F. The minimum absolute atomic E-state index is 0.0132. The van der Waals surface area contributed by atoms with Crippen LogP contribution in [-0.2, 0) is 41.3 Å². The monoisotopic (exact) mass is 793 g/mol. The van der Waals surface area contributed by atoms with Crippen LogP contribution in [0.4, 0.5) is 13.2 Å². The third kappa shape index (κ3) is 14.6. The van der Waals surface area contributed by atoms with Crippen LogP contribution in [0.5, 0.6) is 0 Å². The van der Waals surface area contributed by atoms with Crippen LogP contribution in [0.15, 0.2) is 130 Å². The van der Waals surface area contributed by atoms with E-state index < -0.39 is 47.9 Å². The zero-order valence-electron chi connectivity index (χ0n) is 30.5. The van der Waals surface area contributed by atoms with Gasteiger partial charge in [0, 0.05) is 24.9 Å². The van der Waals surface area contributed by atoms with Crippen LogP contribution >= 0.6 is 0 Å². The Morgan fingerprint density at radius 2 is 1.18 bits per heavy atom. The number of nitrogens with one attached hydrogen (secondary N) is 4. The molecule has 0 aromatic heterocycles. The van der Waals surface area contributed by atoms with Gasteiger partial charge in [-0.3, -0.25) is 24.0 Å². The van der Waals surface area contributed by atoms with Gasteiger partial charge in [0.1, 0.15) is 18.1 Å². The second-order valence-electron chi connectivity index (χ2n) is 12.5. The highest BCUT2D eigenvalue weighted by Crippen LogP contribution is 2.31. The van der Waals surface area contributed by atoms with Crippen LogP contribution in [-0.4, -0.2) is 66.9 Å². The van der Waals surface area contributed by atoms with Crippen molar-refractivity contribution in [3.8, 4) is 0 Å². The van der Waals surface area contributed by atoms with Gasteiger partial charge in [-0.2, -0.15) is 13.2 Å². The first-order chi connectivity index (χ1) is 26.6. The van der Waals surface area contributed by atoms with E-state index in [1.165, 1.54) is 0 Å². The minimum Gasteiger partial charge on any atom is -0.542 e. The Kier molecular flexibility index (Phi) is 17.1. The molecule has 56 heavy (non-hydrogen) atoms. The number of aliphatic carboxylic acids is 1. The van der Waals surface area contributed by atoms with Crippen molar-refractivity contribution in [1.29, 1.82) is 0 Å². The molecule has 0 heterocycles. The molecule has 6 N–H and O–H groups in total. The van der Waals surface area contributed by atoms with E-state index in [0.717, 1.165) is 20.2 Å². The van der Waals surface area contributed by atoms with E-state index in [9.17, 15) is 37.1 Å². The van der Waals surface area contributed by atoms with Crippen molar-refractivity contribution >= 4 is 46.4 Å². The third-order valence-electron chi connectivity index (χ3n) is 7.80. The largest absolute Gasteiger partial charge is 0.542 e. The Hall–Kier alpha value is -6.16. The van der Waals surface area contributed by atoms with Gasteiger partial charge < -0.3 is 36.9 Å². The Morgan fingerprint density at radius 1 is 0.696 bits per heavy atom. The molecule has 0 saturated carbocycles. The summed E-state index contributed by atoms with van der Waals surface area (Å²) < 4.78 is 31.5. The van der Waals surface area contributed by atoms with Crippen LogP contribution in [0.3, 0.4) is 0 Å². The van der Waals surface area contributed by atoms with E-state index in [2.05, 4.69) is 45.5 Å². The van der Waals surface area contributed by atoms with E-state index in [4.69, 9.17) is 15.6 Å². The number of nitrogens with two attached hydrogens (primary N) is 1. The summed E-state index contributed by atoms with van der Waals surface area (Å²) in [5.41, 5.74) is 6.38. The van der Waals surface area contributed by atoms with Crippen LogP contribution < -0.4 is 32.1 Å². The summed E-state index contributed by atoms with van der Waals surface area (Å²) in [6.07, 6.45) is -5.10. The Morgan fingerprint density at radius 3 is 1.64 bits per heavy atom. The van der Waals surface area contributed by atoms with Gasteiger partial charge in [0.2, 0.25) is 23.6 Å². The lowest BCUT2D eigenvalue weighted by Crippen LogP contribution is -2.51. The van der Waals surface area contributed by atoms with Crippen molar-refractivity contribution in [2.24, 2.45) is 11.7 Å². The van der Waals surface area contributed by atoms with Gasteiger partial charge in [-0.15, -0.1) is 0 Å². The van der Waals surface area contributed by atoms with E-state index in [1.807, 2.05) is 92.7 Å². The number of carbonyl (C=O) groups excluding carboxylic acids is 6. The number of alkyl halides is 3. The quantitative estimate of drug-likeness (QED) is 0.107. The maximum atomic E-state index is 13.3.